The predicted molar refractivity (Wildman–Crippen MR) is 65.7 cm³/mol. The van der Waals surface area contributed by atoms with Crippen molar-refractivity contribution in [3.63, 3.8) is 0 Å². The first-order valence-electron chi connectivity index (χ1n) is 5.83. The molecule has 2 aromatic carbocycles. The van der Waals surface area contributed by atoms with Crippen LogP contribution in [0.1, 0.15) is 29.9 Å². The zero-order valence-corrected chi connectivity index (χ0v) is 9.15. The van der Waals surface area contributed by atoms with E-state index in [1.54, 1.807) is 0 Å². The third kappa shape index (κ3) is 1.73. The van der Waals surface area contributed by atoms with E-state index in [0.717, 1.165) is 17.8 Å². The van der Waals surface area contributed by atoms with Crippen LogP contribution in [0.4, 0.5) is 0 Å². The van der Waals surface area contributed by atoms with Crippen LogP contribution in [0.5, 0.6) is 0 Å². The van der Waals surface area contributed by atoms with Crippen molar-refractivity contribution in [1.82, 2.24) is 0 Å². The van der Waals surface area contributed by atoms with Gasteiger partial charge >= 0.3 is 0 Å². The molecule has 1 aliphatic carbocycles. The lowest BCUT2D eigenvalue weighted by molar-refractivity contribution is -0.107. The van der Waals surface area contributed by atoms with Crippen LogP contribution < -0.4 is 0 Å². The Labute approximate surface area is 95.1 Å². The van der Waals surface area contributed by atoms with E-state index in [2.05, 4.69) is 30.3 Å². The highest BCUT2D eigenvalue weighted by molar-refractivity contribution is 5.84. The van der Waals surface area contributed by atoms with Crippen molar-refractivity contribution in [2.45, 2.75) is 25.2 Å². The molecule has 0 atom stereocenters. The number of carbonyl (C=O) groups is 1. The van der Waals surface area contributed by atoms with Crippen molar-refractivity contribution < 1.29 is 4.79 Å². The fourth-order valence-electron chi connectivity index (χ4n) is 2.21. The van der Waals surface area contributed by atoms with E-state index in [4.69, 9.17) is 0 Å². The van der Waals surface area contributed by atoms with Crippen LogP contribution in [-0.4, -0.2) is 6.29 Å². The van der Waals surface area contributed by atoms with Gasteiger partial charge in [-0.25, -0.2) is 0 Å². The van der Waals surface area contributed by atoms with Crippen molar-refractivity contribution in [3.8, 4) is 0 Å². The second kappa shape index (κ2) is 3.75. The average molecular weight is 210 g/mol. The molecule has 1 fully saturated rings. The Balaban J connectivity index is 2.08. The van der Waals surface area contributed by atoms with Gasteiger partial charge in [0.1, 0.15) is 6.29 Å². The average Bonchev–Trinajstić information content (AvgIpc) is 3.12. The summed E-state index contributed by atoms with van der Waals surface area (Å²) in [6.07, 6.45) is 4.15. The topological polar surface area (TPSA) is 17.1 Å². The Morgan fingerprint density at radius 2 is 1.88 bits per heavy atom. The summed E-state index contributed by atoms with van der Waals surface area (Å²) in [6, 6.07) is 13.0. The lowest BCUT2D eigenvalue weighted by atomic mass is 10.0. The maximum absolute atomic E-state index is 10.5. The molecule has 0 unspecified atom stereocenters. The Hall–Kier alpha value is -1.63. The number of fused-ring (bicyclic) bond motifs is 1. The molecule has 1 aliphatic rings. The maximum Gasteiger partial charge on any atom is 0.124 e. The van der Waals surface area contributed by atoms with E-state index in [1.165, 1.54) is 29.2 Å². The fraction of sp³-hybridized carbons (Fsp3) is 0.267. The standard InChI is InChI=1S/C15H14O/c16-8-7-11-1-2-13-5-6-14(12-3-4-12)10-15(13)9-11/h1-2,5-6,8-10,12H,3-4,7H2. The van der Waals surface area contributed by atoms with Gasteiger partial charge in [0.25, 0.3) is 0 Å². The van der Waals surface area contributed by atoms with Gasteiger partial charge in [-0.15, -0.1) is 0 Å². The number of carbonyl (C=O) groups excluding carboxylic acids is 1. The molecule has 2 aromatic rings. The van der Waals surface area contributed by atoms with Crippen molar-refractivity contribution in [3.05, 3.63) is 47.5 Å². The van der Waals surface area contributed by atoms with Gasteiger partial charge in [0.15, 0.2) is 0 Å². The second-order valence-electron chi connectivity index (χ2n) is 4.59. The molecule has 1 nitrogen and oxygen atoms in total. The van der Waals surface area contributed by atoms with E-state index in [9.17, 15) is 4.79 Å². The molecule has 0 radical (unpaired) electrons. The van der Waals surface area contributed by atoms with Gasteiger partial charge in [-0.3, -0.25) is 0 Å². The van der Waals surface area contributed by atoms with Gasteiger partial charge in [-0.2, -0.15) is 0 Å². The number of rotatable bonds is 3. The lowest BCUT2D eigenvalue weighted by Gasteiger charge is -2.04. The molecule has 3 rings (SSSR count). The third-order valence-corrected chi connectivity index (χ3v) is 3.30. The van der Waals surface area contributed by atoms with E-state index in [1.807, 2.05) is 6.07 Å². The molecule has 16 heavy (non-hydrogen) atoms. The minimum Gasteiger partial charge on any atom is -0.303 e. The van der Waals surface area contributed by atoms with E-state index < -0.39 is 0 Å². The summed E-state index contributed by atoms with van der Waals surface area (Å²) in [6.45, 7) is 0. The van der Waals surface area contributed by atoms with E-state index >= 15 is 0 Å². The van der Waals surface area contributed by atoms with E-state index in [-0.39, 0.29) is 0 Å². The first-order valence-corrected chi connectivity index (χ1v) is 5.83. The number of hydrogen-bond donors (Lipinski definition) is 0. The zero-order valence-electron chi connectivity index (χ0n) is 9.15. The summed E-state index contributed by atoms with van der Waals surface area (Å²) in [5.41, 5.74) is 2.56. The van der Waals surface area contributed by atoms with Gasteiger partial charge in [-0.1, -0.05) is 36.4 Å². The molecule has 0 N–H and O–H groups in total. The second-order valence-corrected chi connectivity index (χ2v) is 4.59. The Kier molecular flexibility index (Phi) is 2.24. The van der Waals surface area contributed by atoms with E-state index in [0.29, 0.717) is 6.42 Å². The van der Waals surface area contributed by atoms with Crippen LogP contribution in [0.15, 0.2) is 36.4 Å². The van der Waals surface area contributed by atoms with Crippen LogP contribution in [0.3, 0.4) is 0 Å². The summed E-state index contributed by atoms with van der Waals surface area (Å²) in [5, 5.41) is 2.53. The highest BCUT2D eigenvalue weighted by Gasteiger charge is 2.23. The van der Waals surface area contributed by atoms with Crippen molar-refractivity contribution in [2.75, 3.05) is 0 Å². The smallest absolute Gasteiger partial charge is 0.124 e. The minimum atomic E-state index is 0.517. The van der Waals surface area contributed by atoms with Gasteiger partial charge in [0, 0.05) is 6.42 Å². The normalized spacial score (nSPS) is 15.2. The minimum absolute atomic E-state index is 0.517. The number of hydrogen-bond acceptors (Lipinski definition) is 1. The summed E-state index contributed by atoms with van der Waals surface area (Å²) in [7, 11) is 0. The van der Waals surface area contributed by atoms with Gasteiger partial charge in [0.05, 0.1) is 0 Å². The van der Waals surface area contributed by atoms with Crippen LogP contribution in [0.2, 0.25) is 0 Å². The molecule has 0 amide bonds. The summed E-state index contributed by atoms with van der Waals surface area (Å²) < 4.78 is 0. The Bertz CT molecular complexity index is 538. The highest BCUT2D eigenvalue weighted by atomic mass is 16.1. The molecule has 0 aromatic heterocycles. The van der Waals surface area contributed by atoms with Crippen LogP contribution in [-0.2, 0) is 11.2 Å². The van der Waals surface area contributed by atoms with Gasteiger partial charge in [0.2, 0.25) is 0 Å². The van der Waals surface area contributed by atoms with Gasteiger partial charge < -0.3 is 4.79 Å². The lowest BCUT2D eigenvalue weighted by Crippen LogP contribution is -1.86. The molecule has 1 saturated carbocycles. The van der Waals surface area contributed by atoms with Crippen molar-refractivity contribution in [1.29, 1.82) is 0 Å². The number of benzene rings is 2. The molecule has 0 saturated heterocycles. The first kappa shape index (κ1) is 9.59. The predicted octanol–water partition coefficient (Wildman–Crippen LogP) is 3.46. The van der Waals surface area contributed by atoms with Crippen LogP contribution >= 0.6 is 0 Å². The molecular weight excluding hydrogens is 196 g/mol. The molecule has 0 spiro atoms. The van der Waals surface area contributed by atoms with Crippen LogP contribution in [0, 0.1) is 0 Å². The van der Waals surface area contributed by atoms with Crippen LogP contribution in [0.25, 0.3) is 10.8 Å². The Morgan fingerprint density at radius 3 is 2.62 bits per heavy atom. The molecule has 0 aliphatic heterocycles. The number of aldehydes is 1. The zero-order chi connectivity index (χ0) is 11.0. The molecule has 80 valence electrons. The molecular formula is C15H14O. The third-order valence-electron chi connectivity index (χ3n) is 3.30. The van der Waals surface area contributed by atoms with Gasteiger partial charge in [-0.05, 0) is 40.7 Å². The first-order chi connectivity index (χ1) is 7.86. The summed E-state index contributed by atoms with van der Waals surface area (Å²) in [4.78, 5) is 10.5. The summed E-state index contributed by atoms with van der Waals surface area (Å²) >= 11 is 0. The molecule has 0 bridgehead atoms. The van der Waals surface area contributed by atoms with Crippen molar-refractivity contribution in [2.24, 2.45) is 0 Å². The monoisotopic (exact) mass is 210 g/mol. The Morgan fingerprint density at radius 1 is 1.06 bits per heavy atom. The van der Waals surface area contributed by atoms with Crippen molar-refractivity contribution >= 4 is 17.1 Å². The summed E-state index contributed by atoms with van der Waals surface area (Å²) in [5.74, 6) is 0.791. The fourth-order valence-corrected chi connectivity index (χ4v) is 2.21. The molecule has 1 heteroatoms. The SMILES string of the molecule is O=CCc1ccc2ccc(C3CC3)cc2c1. The largest absolute Gasteiger partial charge is 0.303 e. The maximum atomic E-state index is 10.5. The quantitative estimate of drug-likeness (QED) is 0.709. The molecule has 0 heterocycles. The highest BCUT2D eigenvalue weighted by Crippen LogP contribution is 2.40.